The third-order valence-electron chi connectivity index (χ3n) is 4.02. The van der Waals surface area contributed by atoms with E-state index in [2.05, 4.69) is 20.3 Å². The lowest BCUT2D eigenvalue weighted by Crippen LogP contribution is -2.37. The van der Waals surface area contributed by atoms with Crippen LogP contribution in [0.15, 0.2) is 53.4 Å². The van der Waals surface area contributed by atoms with Gasteiger partial charge in [0.25, 0.3) is 0 Å². The third kappa shape index (κ3) is 6.11. The molecule has 0 bridgehead atoms. The van der Waals surface area contributed by atoms with Gasteiger partial charge in [0, 0.05) is 17.1 Å². The average Bonchev–Trinajstić information content (AvgIpc) is 3.38. The first-order valence-corrected chi connectivity index (χ1v) is 9.82. The number of rotatable bonds is 4. The van der Waals surface area contributed by atoms with Gasteiger partial charge in [-0.05, 0) is 29.8 Å². The van der Waals surface area contributed by atoms with Crippen molar-refractivity contribution in [2.75, 3.05) is 5.32 Å². The van der Waals surface area contributed by atoms with Gasteiger partial charge in [-0.25, -0.2) is 19.3 Å². The number of aliphatic carboxylic acids is 1. The molecule has 0 saturated heterocycles. The number of carbonyl (C=O) groups is 2. The van der Waals surface area contributed by atoms with Crippen LogP contribution >= 0.6 is 11.3 Å². The van der Waals surface area contributed by atoms with Crippen molar-refractivity contribution in [3.05, 3.63) is 64.7 Å². The number of hydrogen-bond donors (Lipinski definition) is 2. The smallest absolute Gasteiger partial charge is 0.430 e. The molecule has 7 nitrogen and oxygen atoms in total. The zero-order valence-corrected chi connectivity index (χ0v) is 16.8. The molecule has 2 aromatic carbocycles. The molecule has 0 aliphatic rings. The first kappa shape index (κ1) is 22.9. The number of amides is 1. The Labute approximate surface area is 181 Å². The Bertz CT molecular complexity index is 1220. The van der Waals surface area contributed by atoms with Crippen LogP contribution in [0.5, 0.6) is 0 Å². The second-order valence-electron chi connectivity index (χ2n) is 6.40. The van der Waals surface area contributed by atoms with Crippen molar-refractivity contribution < 1.29 is 37.2 Å². The largest absolute Gasteiger partial charge is 0.542 e. The molecule has 2 aromatic heterocycles. The van der Waals surface area contributed by atoms with E-state index in [1.165, 1.54) is 23.5 Å². The number of anilines is 1. The number of hydrogen-bond acceptors (Lipinski definition) is 5. The standard InChI is InChI=1S/C18H13FN4OS.C2HF3O2/c19-12-3-1-11(2-4-12)7-17(24)21-13-5-6-14-15(8-13)23-18(22-14)16-9-25-10-20-16;3-2(4,5)1(6)7/h1-6,8-10H,7H2,(H,21,24)(H,22,23);(H,6,7). The quantitative estimate of drug-likeness (QED) is 0.451. The van der Waals surface area contributed by atoms with Crippen molar-refractivity contribution in [2.24, 2.45) is 0 Å². The van der Waals surface area contributed by atoms with Crippen molar-refractivity contribution in [3.8, 4) is 11.5 Å². The highest BCUT2D eigenvalue weighted by atomic mass is 32.1. The highest BCUT2D eigenvalue weighted by Crippen LogP contribution is 2.20. The summed E-state index contributed by atoms with van der Waals surface area (Å²) in [5.74, 6) is -2.65. The molecule has 32 heavy (non-hydrogen) atoms. The van der Waals surface area contributed by atoms with Crippen LogP contribution in [0.2, 0.25) is 0 Å². The van der Waals surface area contributed by atoms with Gasteiger partial charge in [-0.1, -0.05) is 12.1 Å². The number of fused-ring (bicyclic) bond motifs is 1. The van der Waals surface area contributed by atoms with E-state index in [1.807, 2.05) is 23.6 Å². The molecular formula is C20H14F4N4O3S. The topological polar surface area (TPSA) is 112 Å². The van der Waals surface area contributed by atoms with E-state index in [9.17, 15) is 22.4 Å². The molecule has 0 atom stereocenters. The van der Waals surface area contributed by atoms with Crippen molar-refractivity contribution in [1.29, 1.82) is 0 Å². The maximum atomic E-state index is 12.9. The van der Waals surface area contributed by atoms with Crippen LogP contribution in [-0.2, 0) is 16.0 Å². The predicted molar refractivity (Wildman–Crippen MR) is 106 cm³/mol. The lowest BCUT2D eigenvalue weighted by molar-refractivity contribution is -0.344. The van der Waals surface area contributed by atoms with Crippen LogP contribution in [0, 0.1) is 5.82 Å². The summed E-state index contributed by atoms with van der Waals surface area (Å²) in [5, 5.41) is 13.6. The van der Waals surface area contributed by atoms with E-state index < -0.39 is 12.1 Å². The van der Waals surface area contributed by atoms with Crippen molar-refractivity contribution >= 4 is 39.9 Å². The number of alkyl halides is 3. The third-order valence-corrected chi connectivity index (χ3v) is 4.61. The molecule has 0 spiro atoms. The zero-order chi connectivity index (χ0) is 23.3. The lowest BCUT2D eigenvalue weighted by Gasteiger charge is -2.04. The Hall–Kier alpha value is -3.80. The maximum Gasteiger partial charge on any atom is 0.430 e. The summed E-state index contributed by atoms with van der Waals surface area (Å²) in [7, 11) is 0. The van der Waals surface area contributed by atoms with Gasteiger partial charge in [0.15, 0.2) is 16.7 Å². The number of carbonyl (C=O) groups excluding carboxylic acids is 2. The number of aromatic nitrogens is 3. The first-order valence-electron chi connectivity index (χ1n) is 8.88. The van der Waals surface area contributed by atoms with E-state index in [-0.39, 0.29) is 18.1 Å². The number of carboxylic acid groups (broad SMARTS) is 1. The molecule has 0 fully saturated rings. The SMILES string of the molecule is O=C(Cc1ccc(F)cc1)Nc1ccc2[nH+]c(-c3cscn3)[nH]c2c1.O=C([O-])C(F)(F)F. The summed E-state index contributed by atoms with van der Waals surface area (Å²) < 4.78 is 44.5. The molecule has 0 aliphatic carbocycles. The van der Waals surface area contributed by atoms with E-state index in [4.69, 9.17) is 9.90 Å². The molecule has 0 unspecified atom stereocenters. The van der Waals surface area contributed by atoms with E-state index in [0.717, 1.165) is 28.1 Å². The van der Waals surface area contributed by atoms with Gasteiger partial charge in [0.2, 0.25) is 5.91 Å². The van der Waals surface area contributed by atoms with Gasteiger partial charge in [-0.3, -0.25) is 4.79 Å². The van der Waals surface area contributed by atoms with Crippen LogP contribution in [0.25, 0.3) is 22.6 Å². The van der Waals surface area contributed by atoms with E-state index in [0.29, 0.717) is 5.69 Å². The summed E-state index contributed by atoms with van der Waals surface area (Å²) >= 11 is 1.53. The summed E-state index contributed by atoms with van der Waals surface area (Å²) in [5.41, 5.74) is 5.89. The fraction of sp³-hybridized carbons (Fsp3) is 0.100. The van der Waals surface area contributed by atoms with Gasteiger partial charge >= 0.3 is 12.0 Å². The fourth-order valence-electron chi connectivity index (χ4n) is 2.59. The molecule has 166 valence electrons. The molecule has 0 saturated carbocycles. The maximum absolute atomic E-state index is 12.9. The van der Waals surface area contributed by atoms with Crippen molar-refractivity contribution in [3.63, 3.8) is 0 Å². The summed E-state index contributed by atoms with van der Waals surface area (Å²) in [6.07, 6.45) is -5.00. The number of thiazole rings is 1. The van der Waals surface area contributed by atoms with Gasteiger partial charge in [0.05, 0.1) is 11.9 Å². The number of nitrogens with one attached hydrogen (secondary N) is 3. The monoisotopic (exact) mass is 466 g/mol. The highest BCUT2D eigenvalue weighted by molar-refractivity contribution is 7.07. The number of aromatic amines is 2. The van der Waals surface area contributed by atoms with Gasteiger partial charge in [0.1, 0.15) is 11.8 Å². The molecule has 4 aromatic rings. The molecule has 4 rings (SSSR count). The minimum Gasteiger partial charge on any atom is -0.542 e. The molecule has 0 radical (unpaired) electrons. The Morgan fingerprint density at radius 3 is 2.44 bits per heavy atom. The van der Waals surface area contributed by atoms with Gasteiger partial charge in [-0.2, -0.15) is 13.2 Å². The number of nitrogens with zero attached hydrogens (tertiary/aromatic N) is 1. The number of H-pyrrole nitrogens is 2. The second-order valence-corrected chi connectivity index (χ2v) is 7.11. The normalized spacial score (nSPS) is 11.0. The summed E-state index contributed by atoms with van der Waals surface area (Å²) in [4.78, 5) is 31.7. The molecule has 2 heterocycles. The molecule has 0 aliphatic heterocycles. The number of benzene rings is 2. The van der Waals surface area contributed by atoms with Crippen LogP contribution < -0.4 is 15.4 Å². The zero-order valence-electron chi connectivity index (χ0n) is 16.0. The second kappa shape index (κ2) is 9.56. The number of halogens is 4. The molecular weight excluding hydrogens is 452 g/mol. The van der Waals surface area contributed by atoms with Crippen LogP contribution in [0.3, 0.4) is 0 Å². The Morgan fingerprint density at radius 1 is 1.16 bits per heavy atom. The van der Waals surface area contributed by atoms with E-state index >= 15 is 0 Å². The van der Waals surface area contributed by atoms with Crippen LogP contribution in [-0.4, -0.2) is 28.0 Å². The molecule has 1 amide bonds. The minimum absolute atomic E-state index is 0.152. The fourth-order valence-corrected chi connectivity index (χ4v) is 3.13. The van der Waals surface area contributed by atoms with Crippen LogP contribution in [0.1, 0.15) is 5.56 Å². The average molecular weight is 466 g/mol. The Balaban J connectivity index is 0.000000360. The Kier molecular flexibility index (Phi) is 6.83. The first-order chi connectivity index (χ1) is 15.1. The number of imidazole rings is 1. The minimum atomic E-state index is -5.19. The van der Waals surface area contributed by atoms with Gasteiger partial charge < -0.3 is 15.2 Å². The Morgan fingerprint density at radius 2 is 1.84 bits per heavy atom. The highest BCUT2D eigenvalue weighted by Gasteiger charge is 2.28. The van der Waals surface area contributed by atoms with E-state index in [1.54, 1.807) is 17.6 Å². The molecule has 3 N–H and O–H groups in total. The van der Waals surface area contributed by atoms with Crippen LogP contribution in [0.4, 0.5) is 23.2 Å². The van der Waals surface area contributed by atoms with Gasteiger partial charge in [-0.15, -0.1) is 11.3 Å². The summed E-state index contributed by atoms with van der Waals surface area (Å²) in [6.45, 7) is 0. The number of carboxylic acids is 1. The molecule has 12 heteroatoms. The summed E-state index contributed by atoms with van der Waals surface area (Å²) in [6, 6.07) is 11.5. The van der Waals surface area contributed by atoms with Crippen molar-refractivity contribution in [2.45, 2.75) is 12.6 Å². The predicted octanol–water partition coefficient (Wildman–Crippen LogP) is 2.72. The lowest BCUT2D eigenvalue weighted by atomic mass is 10.1. The van der Waals surface area contributed by atoms with Crippen molar-refractivity contribution in [1.82, 2.24) is 9.97 Å².